The number of allylic oxidation sites excluding steroid dienone is 2. The van der Waals surface area contributed by atoms with Crippen LogP contribution in [0.5, 0.6) is 0 Å². The molecule has 0 N–H and O–H groups in total. The number of rotatable bonds is 0. The van der Waals surface area contributed by atoms with Gasteiger partial charge in [-0.1, -0.05) is 23.8 Å². The minimum absolute atomic E-state index is 0.278. The highest BCUT2D eigenvalue weighted by atomic mass is 16.2. The van der Waals surface area contributed by atoms with Gasteiger partial charge >= 0.3 is 0 Å². The number of carbonyl (C=O) groups is 1. The van der Waals surface area contributed by atoms with Crippen LogP contribution in [0.2, 0.25) is 0 Å². The smallest absolute Gasteiger partial charge is 0.222 e. The Bertz CT molecular complexity index is 290. The van der Waals surface area contributed by atoms with Gasteiger partial charge in [0.2, 0.25) is 5.91 Å². The maximum Gasteiger partial charge on any atom is 0.222 e. The minimum Gasteiger partial charge on any atom is -0.339 e. The third-order valence-corrected chi connectivity index (χ3v) is 3.17. The first-order valence-corrected chi connectivity index (χ1v) is 4.81. The van der Waals surface area contributed by atoms with Crippen molar-refractivity contribution in [2.75, 3.05) is 7.05 Å². The monoisotopic (exact) mass is 177 g/mol. The van der Waals surface area contributed by atoms with E-state index in [2.05, 4.69) is 25.2 Å². The highest BCUT2D eigenvalue weighted by Gasteiger charge is 2.33. The largest absolute Gasteiger partial charge is 0.339 e. The molecule has 70 valence electrons. The summed E-state index contributed by atoms with van der Waals surface area (Å²) < 4.78 is 0. The Morgan fingerprint density at radius 3 is 3.08 bits per heavy atom. The van der Waals surface area contributed by atoms with Gasteiger partial charge in [-0.05, 0) is 13.3 Å². The standard InChI is InChI=1S/C11H15NO/c1-8-4-3-5-10-9(8)6-7-11(13)12(10)2/h3-5,9-10H,6-7H2,1-2H3. The van der Waals surface area contributed by atoms with Gasteiger partial charge in [0.25, 0.3) is 0 Å². The first-order valence-electron chi connectivity index (χ1n) is 4.81. The normalized spacial score (nSPS) is 32.9. The SMILES string of the molecule is CC1=CC=CC2C1CCC(=O)N2C. The third-order valence-electron chi connectivity index (χ3n) is 3.17. The average Bonchev–Trinajstić information content (AvgIpc) is 2.12. The van der Waals surface area contributed by atoms with Gasteiger partial charge in [-0.3, -0.25) is 4.79 Å². The van der Waals surface area contributed by atoms with Crippen LogP contribution < -0.4 is 0 Å². The number of hydrogen-bond acceptors (Lipinski definition) is 1. The van der Waals surface area contributed by atoms with Gasteiger partial charge in [0, 0.05) is 19.4 Å². The molecule has 1 amide bonds. The van der Waals surface area contributed by atoms with Crippen LogP contribution in [0.3, 0.4) is 0 Å². The van der Waals surface area contributed by atoms with E-state index in [9.17, 15) is 4.79 Å². The molecule has 2 aliphatic rings. The van der Waals surface area contributed by atoms with E-state index < -0.39 is 0 Å². The Labute approximate surface area is 78.9 Å². The first-order chi connectivity index (χ1) is 6.20. The molecule has 1 aliphatic carbocycles. The second-order valence-electron chi connectivity index (χ2n) is 3.94. The number of carbonyl (C=O) groups excluding carboxylic acids is 1. The maximum absolute atomic E-state index is 11.4. The van der Waals surface area contributed by atoms with E-state index in [-0.39, 0.29) is 5.91 Å². The van der Waals surface area contributed by atoms with Crippen LogP contribution in [-0.2, 0) is 4.79 Å². The lowest BCUT2D eigenvalue weighted by atomic mass is 9.81. The molecule has 2 unspecified atom stereocenters. The molecule has 13 heavy (non-hydrogen) atoms. The highest BCUT2D eigenvalue weighted by Crippen LogP contribution is 2.32. The van der Waals surface area contributed by atoms with Gasteiger partial charge in [0.15, 0.2) is 0 Å². The van der Waals surface area contributed by atoms with Crippen molar-refractivity contribution in [1.29, 1.82) is 0 Å². The van der Waals surface area contributed by atoms with Crippen LogP contribution >= 0.6 is 0 Å². The molecule has 0 aromatic carbocycles. The van der Waals surface area contributed by atoms with E-state index in [1.54, 1.807) is 0 Å². The van der Waals surface area contributed by atoms with E-state index >= 15 is 0 Å². The fourth-order valence-electron chi connectivity index (χ4n) is 2.27. The van der Waals surface area contributed by atoms with E-state index in [0.29, 0.717) is 18.4 Å². The Balaban J connectivity index is 2.25. The number of hydrogen-bond donors (Lipinski definition) is 0. The van der Waals surface area contributed by atoms with E-state index in [4.69, 9.17) is 0 Å². The molecular formula is C11H15NO. The molecule has 1 fully saturated rings. The van der Waals surface area contributed by atoms with Gasteiger partial charge < -0.3 is 4.90 Å². The molecule has 0 saturated carbocycles. The number of piperidine rings is 1. The van der Waals surface area contributed by atoms with Crippen molar-refractivity contribution in [1.82, 2.24) is 4.90 Å². The fraction of sp³-hybridized carbons (Fsp3) is 0.545. The topological polar surface area (TPSA) is 20.3 Å². The molecular weight excluding hydrogens is 162 g/mol. The van der Waals surface area contributed by atoms with Crippen LogP contribution in [0.1, 0.15) is 19.8 Å². The average molecular weight is 177 g/mol. The molecule has 1 heterocycles. The van der Waals surface area contributed by atoms with Crippen molar-refractivity contribution < 1.29 is 4.79 Å². The lowest BCUT2D eigenvalue weighted by Gasteiger charge is -2.39. The predicted molar refractivity (Wildman–Crippen MR) is 52.2 cm³/mol. The molecule has 2 heteroatoms. The van der Waals surface area contributed by atoms with Crippen molar-refractivity contribution in [2.45, 2.75) is 25.8 Å². The molecule has 2 nitrogen and oxygen atoms in total. The summed E-state index contributed by atoms with van der Waals surface area (Å²) in [5.41, 5.74) is 1.41. The zero-order valence-corrected chi connectivity index (χ0v) is 8.16. The molecule has 2 rings (SSSR count). The number of nitrogens with zero attached hydrogens (tertiary/aromatic N) is 1. The van der Waals surface area contributed by atoms with Gasteiger partial charge in [0.1, 0.15) is 0 Å². The Morgan fingerprint density at radius 1 is 1.54 bits per heavy atom. The second-order valence-corrected chi connectivity index (χ2v) is 3.94. The van der Waals surface area contributed by atoms with Crippen molar-refractivity contribution in [2.24, 2.45) is 5.92 Å². The molecule has 1 aliphatic heterocycles. The van der Waals surface area contributed by atoms with Gasteiger partial charge in [-0.2, -0.15) is 0 Å². The summed E-state index contributed by atoms with van der Waals surface area (Å²) in [5.74, 6) is 0.841. The van der Waals surface area contributed by atoms with Crippen molar-refractivity contribution in [3.63, 3.8) is 0 Å². The first kappa shape index (κ1) is 8.54. The summed E-state index contributed by atoms with van der Waals surface area (Å²) in [6.45, 7) is 2.16. The zero-order chi connectivity index (χ0) is 9.42. The van der Waals surface area contributed by atoms with Crippen molar-refractivity contribution in [3.8, 4) is 0 Å². The van der Waals surface area contributed by atoms with E-state index in [0.717, 1.165) is 6.42 Å². The summed E-state index contributed by atoms with van der Waals surface area (Å²) >= 11 is 0. The summed E-state index contributed by atoms with van der Waals surface area (Å²) in [6.07, 6.45) is 8.07. The molecule has 0 bridgehead atoms. The van der Waals surface area contributed by atoms with Gasteiger partial charge in [0.05, 0.1) is 6.04 Å². The third kappa shape index (κ3) is 1.30. The Hall–Kier alpha value is -1.05. The van der Waals surface area contributed by atoms with E-state index in [1.807, 2.05) is 11.9 Å². The number of fused-ring (bicyclic) bond motifs is 1. The molecule has 0 radical (unpaired) electrons. The molecule has 0 aromatic heterocycles. The predicted octanol–water partition coefficient (Wildman–Crippen LogP) is 1.74. The Kier molecular flexibility index (Phi) is 1.98. The molecule has 0 aromatic rings. The van der Waals surface area contributed by atoms with Crippen LogP contribution in [-0.4, -0.2) is 23.9 Å². The fourth-order valence-corrected chi connectivity index (χ4v) is 2.27. The van der Waals surface area contributed by atoms with Crippen LogP contribution in [0.15, 0.2) is 23.8 Å². The number of amides is 1. The van der Waals surface area contributed by atoms with Crippen molar-refractivity contribution >= 4 is 5.91 Å². The number of likely N-dealkylation sites (tertiary alicyclic amines) is 1. The Morgan fingerprint density at radius 2 is 2.31 bits per heavy atom. The molecule has 1 saturated heterocycles. The van der Waals surface area contributed by atoms with Crippen LogP contribution in [0.25, 0.3) is 0 Å². The molecule has 2 atom stereocenters. The van der Waals surface area contributed by atoms with Crippen molar-refractivity contribution in [3.05, 3.63) is 23.8 Å². The summed E-state index contributed by atoms with van der Waals surface area (Å²) in [5, 5.41) is 0. The van der Waals surface area contributed by atoms with E-state index in [1.165, 1.54) is 5.57 Å². The molecule has 0 spiro atoms. The minimum atomic E-state index is 0.278. The summed E-state index contributed by atoms with van der Waals surface area (Å²) in [6, 6.07) is 0.311. The lowest BCUT2D eigenvalue weighted by molar-refractivity contribution is -0.134. The van der Waals surface area contributed by atoms with Crippen LogP contribution in [0, 0.1) is 5.92 Å². The zero-order valence-electron chi connectivity index (χ0n) is 8.16. The van der Waals surface area contributed by atoms with Gasteiger partial charge in [-0.25, -0.2) is 0 Å². The summed E-state index contributed by atoms with van der Waals surface area (Å²) in [7, 11) is 1.90. The van der Waals surface area contributed by atoms with Crippen LogP contribution in [0.4, 0.5) is 0 Å². The lowest BCUT2D eigenvalue weighted by Crippen LogP contribution is -2.46. The second kappa shape index (κ2) is 3.02. The quantitative estimate of drug-likeness (QED) is 0.552. The van der Waals surface area contributed by atoms with Gasteiger partial charge in [-0.15, -0.1) is 0 Å². The maximum atomic E-state index is 11.4. The summed E-state index contributed by atoms with van der Waals surface area (Å²) in [4.78, 5) is 13.3. The highest BCUT2D eigenvalue weighted by molar-refractivity contribution is 5.77. The number of likely N-dealkylation sites (N-methyl/N-ethyl adjacent to an activating group) is 1.